The summed E-state index contributed by atoms with van der Waals surface area (Å²) in [4.78, 5) is 13.1. The van der Waals surface area contributed by atoms with Gasteiger partial charge in [0.15, 0.2) is 9.84 Å². The first-order valence-electron chi connectivity index (χ1n) is 6.95. The average Bonchev–Trinajstić information content (AvgIpc) is 3.06. The van der Waals surface area contributed by atoms with Gasteiger partial charge in [0.25, 0.3) is 0 Å². The molecule has 2 aromatic rings. The van der Waals surface area contributed by atoms with Gasteiger partial charge in [0, 0.05) is 11.6 Å². The molecule has 0 spiro atoms. The second-order valence-corrected chi connectivity index (χ2v) is 7.93. The molecule has 1 aliphatic heterocycles. The van der Waals surface area contributed by atoms with E-state index < -0.39 is 9.84 Å². The number of nitrogens with zero attached hydrogens (tertiary/aromatic N) is 4. The van der Waals surface area contributed by atoms with Crippen molar-refractivity contribution in [1.29, 1.82) is 0 Å². The molecule has 1 saturated heterocycles. The Morgan fingerprint density at radius 2 is 2.17 bits per heavy atom. The highest BCUT2D eigenvalue weighted by molar-refractivity contribution is 7.91. The summed E-state index contributed by atoms with van der Waals surface area (Å²) in [6, 6.07) is 6.71. The first kappa shape index (κ1) is 15.9. The molecule has 1 fully saturated rings. The molecule has 1 N–H and O–H groups in total. The first-order chi connectivity index (χ1) is 10.9. The van der Waals surface area contributed by atoms with Crippen LogP contribution in [0.1, 0.15) is 6.42 Å². The minimum atomic E-state index is -3.03. The second kappa shape index (κ2) is 6.25. The number of rotatable bonds is 4. The molecule has 0 radical (unpaired) electrons. The molecule has 0 unspecified atom stereocenters. The standard InChI is InChI=1S/C13H14ClN5O3S/c14-11-4-2-1-3-10(11)13-16-18-19(17-13)7-12(20)15-9-5-6-23(21,22)8-9/h1-4,9H,5-8H2,(H,15,20)/t9-/m0/s1. The predicted molar refractivity (Wildman–Crippen MR) is 83.5 cm³/mol. The third-order valence-electron chi connectivity index (χ3n) is 3.45. The van der Waals surface area contributed by atoms with Gasteiger partial charge in [-0.25, -0.2) is 8.42 Å². The minimum Gasteiger partial charge on any atom is -0.351 e. The van der Waals surface area contributed by atoms with Crippen molar-refractivity contribution in [3.05, 3.63) is 29.3 Å². The fourth-order valence-corrected chi connectivity index (χ4v) is 4.26. The van der Waals surface area contributed by atoms with Crippen molar-refractivity contribution in [2.24, 2.45) is 0 Å². The molecule has 1 aliphatic rings. The molecule has 3 rings (SSSR count). The van der Waals surface area contributed by atoms with Crippen molar-refractivity contribution < 1.29 is 13.2 Å². The highest BCUT2D eigenvalue weighted by Gasteiger charge is 2.29. The van der Waals surface area contributed by atoms with Crippen LogP contribution in [0.5, 0.6) is 0 Å². The molecular weight excluding hydrogens is 342 g/mol. The maximum absolute atomic E-state index is 11.9. The Balaban J connectivity index is 1.63. The lowest BCUT2D eigenvalue weighted by atomic mass is 10.2. The maximum Gasteiger partial charge on any atom is 0.243 e. The minimum absolute atomic E-state index is 0.0194. The van der Waals surface area contributed by atoms with E-state index in [0.717, 1.165) is 4.80 Å². The van der Waals surface area contributed by atoms with Gasteiger partial charge in [-0.2, -0.15) is 4.80 Å². The molecule has 8 nitrogen and oxygen atoms in total. The fraction of sp³-hybridized carbons (Fsp3) is 0.385. The van der Waals surface area contributed by atoms with Crippen LogP contribution in [-0.4, -0.2) is 52.1 Å². The largest absolute Gasteiger partial charge is 0.351 e. The molecule has 2 heterocycles. The number of halogens is 1. The van der Waals surface area contributed by atoms with Crippen molar-refractivity contribution >= 4 is 27.3 Å². The van der Waals surface area contributed by atoms with Crippen molar-refractivity contribution in [3.8, 4) is 11.4 Å². The van der Waals surface area contributed by atoms with Crippen LogP contribution in [0.15, 0.2) is 24.3 Å². The molecular formula is C13H14ClN5O3S. The van der Waals surface area contributed by atoms with Gasteiger partial charge in [-0.3, -0.25) is 4.79 Å². The van der Waals surface area contributed by atoms with Crippen LogP contribution in [-0.2, 0) is 21.2 Å². The van der Waals surface area contributed by atoms with Crippen LogP contribution in [0.3, 0.4) is 0 Å². The summed E-state index contributed by atoms with van der Waals surface area (Å²) in [6.07, 6.45) is 0.434. The molecule has 23 heavy (non-hydrogen) atoms. The van der Waals surface area contributed by atoms with Crippen LogP contribution in [0.4, 0.5) is 0 Å². The summed E-state index contributed by atoms with van der Waals surface area (Å²) in [7, 11) is -3.03. The van der Waals surface area contributed by atoms with Gasteiger partial charge in [-0.05, 0) is 23.8 Å². The SMILES string of the molecule is O=C(Cn1nnc(-c2ccccc2Cl)n1)N[C@H]1CCS(=O)(=O)C1. The van der Waals surface area contributed by atoms with Crippen LogP contribution >= 0.6 is 11.6 Å². The zero-order valence-corrected chi connectivity index (χ0v) is 13.6. The van der Waals surface area contributed by atoms with E-state index in [9.17, 15) is 13.2 Å². The smallest absolute Gasteiger partial charge is 0.243 e. The van der Waals surface area contributed by atoms with Crippen LogP contribution in [0, 0.1) is 0 Å². The fourth-order valence-electron chi connectivity index (χ4n) is 2.37. The van der Waals surface area contributed by atoms with E-state index in [-0.39, 0.29) is 30.0 Å². The number of aromatic nitrogens is 4. The van der Waals surface area contributed by atoms with Gasteiger partial charge >= 0.3 is 0 Å². The van der Waals surface area contributed by atoms with Gasteiger partial charge < -0.3 is 5.32 Å². The quantitative estimate of drug-likeness (QED) is 0.845. The zero-order chi connectivity index (χ0) is 16.4. The summed E-state index contributed by atoms with van der Waals surface area (Å²) in [5.41, 5.74) is 0.628. The Kier molecular flexibility index (Phi) is 4.31. The molecule has 1 atom stereocenters. The molecule has 1 amide bonds. The summed E-state index contributed by atoms with van der Waals surface area (Å²) < 4.78 is 22.7. The predicted octanol–water partition coefficient (Wildman–Crippen LogP) is 0.297. The van der Waals surface area contributed by atoms with Gasteiger partial charge in [0.2, 0.25) is 11.7 Å². The monoisotopic (exact) mass is 355 g/mol. The van der Waals surface area contributed by atoms with Gasteiger partial charge in [-0.15, -0.1) is 10.2 Å². The lowest BCUT2D eigenvalue weighted by Gasteiger charge is -2.09. The van der Waals surface area contributed by atoms with Gasteiger partial charge in [0.1, 0.15) is 6.54 Å². The topological polar surface area (TPSA) is 107 Å². The van der Waals surface area contributed by atoms with Crippen molar-refractivity contribution in [1.82, 2.24) is 25.5 Å². The Labute approximate surface area is 137 Å². The summed E-state index contributed by atoms with van der Waals surface area (Å²) in [5, 5.41) is 15.0. The van der Waals surface area contributed by atoms with Gasteiger partial charge in [0.05, 0.1) is 16.5 Å². The number of carbonyl (C=O) groups is 1. The van der Waals surface area contributed by atoms with E-state index in [4.69, 9.17) is 11.6 Å². The van der Waals surface area contributed by atoms with E-state index in [1.54, 1.807) is 24.3 Å². The number of hydrogen-bond donors (Lipinski definition) is 1. The Morgan fingerprint density at radius 1 is 1.39 bits per heavy atom. The first-order valence-corrected chi connectivity index (χ1v) is 9.15. The molecule has 1 aromatic heterocycles. The molecule has 0 saturated carbocycles. The summed E-state index contributed by atoms with van der Waals surface area (Å²) in [5.74, 6) is 0.0620. The Bertz CT molecular complexity index is 836. The van der Waals surface area contributed by atoms with E-state index >= 15 is 0 Å². The highest BCUT2D eigenvalue weighted by atomic mass is 35.5. The van der Waals surface area contributed by atoms with Crippen molar-refractivity contribution in [2.75, 3.05) is 11.5 Å². The van der Waals surface area contributed by atoms with E-state index in [1.165, 1.54) is 0 Å². The number of carbonyl (C=O) groups excluding carboxylic acids is 1. The van der Waals surface area contributed by atoms with Crippen LogP contribution < -0.4 is 5.32 Å². The second-order valence-electron chi connectivity index (χ2n) is 5.29. The van der Waals surface area contributed by atoms with Crippen molar-refractivity contribution in [2.45, 2.75) is 19.0 Å². The molecule has 10 heteroatoms. The Hall–Kier alpha value is -2.00. The number of benzene rings is 1. The third-order valence-corrected chi connectivity index (χ3v) is 5.55. The Morgan fingerprint density at radius 3 is 2.87 bits per heavy atom. The molecule has 1 aromatic carbocycles. The van der Waals surface area contributed by atoms with E-state index in [0.29, 0.717) is 22.8 Å². The zero-order valence-electron chi connectivity index (χ0n) is 12.0. The lowest BCUT2D eigenvalue weighted by molar-refractivity contribution is -0.122. The number of hydrogen-bond acceptors (Lipinski definition) is 6. The normalized spacial score (nSPS) is 19.6. The number of sulfone groups is 1. The van der Waals surface area contributed by atoms with Crippen molar-refractivity contribution in [3.63, 3.8) is 0 Å². The molecule has 122 valence electrons. The maximum atomic E-state index is 11.9. The molecule has 0 aliphatic carbocycles. The molecule has 0 bridgehead atoms. The van der Waals surface area contributed by atoms with Gasteiger partial charge in [-0.1, -0.05) is 23.7 Å². The number of amides is 1. The highest BCUT2D eigenvalue weighted by Crippen LogP contribution is 2.23. The lowest BCUT2D eigenvalue weighted by Crippen LogP contribution is -2.38. The number of nitrogens with one attached hydrogen (secondary N) is 1. The third kappa shape index (κ3) is 3.85. The van der Waals surface area contributed by atoms with E-state index in [1.807, 2.05) is 0 Å². The van der Waals surface area contributed by atoms with E-state index in [2.05, 4.69) is 20.7 Å². The van der Waals surface area contributed by atoms with Crippen LogP contribution in [0.2, 0.25) is 5.02 Å². The average molecular weight is 356 g/mol. The summed E-state index contributed by atoms with van der Waals surface area (Å²) in [6.45, 7) is -0.131. The summed E-state index contributed by atoms with van der Waals surface area (Å²) >= 11 is 6.06. The number of tetrazole rings is 1. The van der Waals surface area contributed by atoms with Crippen LogP contribution in [0.25, 0.3) is 11.4 Å².